The first-order valence-corrected chi connectivity index (χ1v) is 6.08. The van der Waals surface area contributed by atoms with E-state index in [1.807, 2.05) is 0 Å². The maximum atomic E-state index is 9.82. The van der Waals surface area contributed by atoms with Gasteiger partial charge in [-0.1, -0.05) is 11.6 Å². The third-order valence-corrected chi connectivity index (χ3v) is 3.26. The Labute approximate surface area is 110 Å². The number of halogens is 1. The Balaban J connectivity index is 2.06. The van der Waals surface area contributed by atoms with Gasteiger partial charge in [0.25, 0.3) is 0 Å². The molecule has 4 N–H and O–H groups in total. The number of hydrogen-bond acceptors (Lipinski definition) is 5. The van der Waals surface area contributed by atoms with Crippen molar-refractivity contribution in [3.8, 4) is 0 Å². The van der Waals surface area contributed by atoms with Gasteiger partial charge in [0.15, 0.2) is 6.23 Å². The fraction of sp³-hybridized carbons (Fsp3) is 0.500. The second-order valence-electron chi connectivity index (χ2n) is 4.38. The molecular formula is C12H16ClNO4. The minimum absolute atomic E-state index is 0.562. The highest BCUT2D eigenvalue weighted by molar-refractivity contribution is 6.30. The summed E-state index contributed by atoms with van der Waals surface area (Å²) in [7, 11) is 0. The number of anilines is 1. The Morgan fingerprint density at radius 2 is 1.67 bits per heavy atom. The van der Waals surface area contributed by atoms with Crippen LogP contribution in [0.25, 0.3) is 0 Å². The molecule has 1 saturated heterocycles. The minimum atomic E-state index is -1.24. The van der Waals surface area contributed by atoms with Crippen LogP contribution in [-0.4, -0.2) is 46.0 Å². The van der Waals surface area contributed by atoms with Gasteiger partial charge < -0.3 is 25.4 Å². The third-order valence-electron chi connectivity index (χ3n) is 3.01. The molecule has 1 fully saturated rings. The highest BCUT2D eigenvalue weighted by atomic mass is 35.5. The Morgan fingerprint density at radius 1 is 1.06 bits per heavy atom. The van der Waals surface area contributed by atoms with E-state index >= 15 is 0 Å². The lowest BCUT2D eigenvalue weighted by atomic mass is 9.99. The molecule has 0 aliphatic carbocycles. The summed E-state index contributed by atoms with van der Waals surface area (Å²) < 4.78 is 5.41. The van der Waals surface area contributed by atoms with E-state index in [-0.39, 0.29) is 0 Å². The first-order valence-electron chi connectivity index (χ1n) is 5.71. The van der Waals surface area contributed by atoms with Crippen LogP contribution >= 0.6 is 11.6 Å². The molecule has 1 heterocycles. The molecule has 6 heteroatoms. The Kier molecular flexibility index (Phi) is 4.09. The second-order valence-corrected chi connectivity index (χ2v) is 4.82. The van der Waals surface area contributed by atoms with Crippen LogP contribution in [0, 0.1) is 0 Å². The van der Waals surface area contributed by atoms with Crippen LogP contribution in [0.15, 0.2) is 24.3 Å². The van der Waals surface area contributed by atoms with Gasteiger partial charge in [0.2, 0.25) is 0 Å². The summed E-state index contributed by atoms with van der Waals surface area (Å²) in [4.78, 5) is 0. The Morgan fingerprint density at radius 3 is 2.28 bits per heavy atom. The normalized spacial score (nSPS) is 36.4. The summed E-state index contributed by atoms with van der Waals surface area (Å²) in [5.41, 5.74) is 0.708. The van der Waals surface area contributed by atoms with E-state index in [2.05, 4.69) is 5.32 Å². The average Bonchev–Trinajstić information content (AvgIpc) is 2.36. The lowest BCUT2D eigenvalue weighted by Gasteiger charge is -2.39. The van der Waals surface area contributed by atoms with E-state index in [4.69, 9.17) is 16.3 Å². The van der Waals surface area contributed by atoms with Crippen molar-refractivity contribution in [2.45, 2.75) is 37.6 Å². The summed E-state index contributed by atoms with van der Waals surface area (Å²) >= 11 is 5.77. The van der Waals surface area contributed by atoms with E-state index in [1.54, 1.807) is 31.2 Å². The smallest absolute Gasteiger partial charge is 0.157 e. The van der Waals surface area contributed by atoms with Crippen LogP contribution in [-0.2, 0) is 4.74 Å². The molecule has 5 atom stereocenters. The van der Waals surface area contributed by atoms with Gasteiger partial charge in [-0.3, -0.25) is 0 Å². The van der Waals surface area contributed by atoms with Gasteiger partial charge in [0.05, 0.1) is 6.10 Å². The Bertz CT molecular complexity index is 400. The van der Waals surface area contributed by atoms with Crippen LogP contribution in [0.5, 0.6) is 0 Å². The molecule has 18 heavy (non-hydrogen) atoms. The summed E-state index contributed by atoms with van der Waals surface area (Å²) in [6.45, 7) is 1.64. The van der Waals surface area contributed by atoms with Crippen molar-refractivity contribution in [3.63, 3.8) is 0 Å². The highest BCUT2D eigenvalue weighted by Crippen LogP contribution is 2.23. The maximum absolute atomic E-state index is 9.82. The second kappa shape index (κ2) is 5.42. The maximum Gasteiger partial charge on any atom is 0.157 e. The van der Waals surface area contributed by atoms with Crippen LogP contribution in [0.2, 0.25) is 5.02 Å². The van der Waals surface area contributed by atoms with Gasteiger partial charge >= 0.3 is 0 Å². The zero-order chi connectivity index (χ0) is 13.3. The van der Waals surface area contributed by atoms with Crippen LogP contribution in [0.3, 0.4) is 0 Å². The quantitative estimate of drug-likeness (QED) is 0.634. The minimum Gasteiger partial charge on any atom is -0.388 e. The fourth-order valence-electron chi connectivity index (χ4n) is 1.88. The van der Waals surface area contributed by atoms with Crippen LogP contribution in [0.1, 0.15) is 6.92 Å². The molecule has 1 aromatic rings. The predicted octanol–water partition coefficient (Wildman–Crippen LogP) is 0.579. The molecular weight excluding hydrogens is 258 g/mol. The van der Waals surface area contributed by atoms with Gasteiger partial charge in [-0.05, 0) is 31.2 Å². The topological polar surface area (TPSA) is 82.0 Å². The lowest BCUT2D eigenvalue weighted by Crippen LogP contribution is -2.58. The molecule has 0 saturated carbocycles. The van der Waals surface area contributed by atoms with Gasteiger partial charge in [0, 0.05) is 10.7 Å². The number of aliphatic hydroxyl groups is 3. The van der Waals surface area contributed by atoms with Gasteiger partial charge in [-0.15, -0.1) is 0 Å². The molecule has 5 nitrogen and oxygen atoms in total. The van der Waals surface area contributed by atoms with Crippen molar-refractivity contribution in [2.24, 2.45) is 0 Å². The molecule has 0 spiro atoms. The molecule has 1 aliphatic rings. The third kappa shape index (κ3) is 2.76. The average molecular weight is 274 g/mol. The van der Waals surface area contributed by atoms with E-state index in [0.717, 1.165) is 0 Å². The molecule has 0 bridgehead atoms. The number of aliphatic hydroxyl groups excluding tert-OH is 3. The Hall–Kier alpha value is -0.850. The number of hydrogen-bond donors (Lipinski definition) is 4. The molecule has 1 aromatic carbocycles. The summed E-state index contributed by atoms with van der Waals surface area (Å²) in [6.07, 6.45) is -4.87. The van der Waals surface area contributed by atoms with Crippen molar-refractivity contribution >= 4 is 17.3 Å². The van der Waals surface area contributed by atoms with Crippen molar-refractivity contribution in [1.29, 1.82) is 0 Å². The number of rotatable bonds is 2. The zero-order valence-electron chi connectivity index (χ0n) is 9.82. The molecule has 2 rings (SSSR count). The highest BCUT2D eigenvalue weighted by Gasteiger charge is 2.41. The van der Waals surface area contributed by atoms with E-state index in [9.17, 15) is 15.3 Å². The zero-order valence-corrected chi connectivity index (χ0v) is 10.6. The summed E-state index contributed by atoms with van der Waals surface area (Å²) in [5, 5.41) is 32.6. The molecule has 0 aromatic heterocycles. The molecule has 100 valence electrons. The first kappa shape index (κ1) is 13.6. The summed E-state index contributed by atoms with van der Waals surface area (Å²) in [5.74, 6) is 0. The van der Waals surface area contributed by atoms with Crippen LogP contribution in [0.4, 0.5) is 5.69 Å². The van der Waals surface area contributed by atoms with E-state index in [1.165, 1.54) is 0 Å². The molecule has 1 aliphatic heterocycles. The van der Waals surface area contributed by atoms with Gasteiger partial charge in [0.1, 0.15) is 18.3 Å². The molecule has 0 unspecified atom stereocenters. The van der Waals surface area contributed by atoms with E-state index in [0.29, 0.717) is 10.7 Å². The van der Waals surface area contributed by atoms with Crippen molar-refractivity contribution in [2.75, 3.05) is 5.32 Å². The standard InChI is InChI=1S/C12H16ClNO4/c1-6-9(15)10(16)11(17)12(18-6)14-8-4-2-7(13)3-5-8/h2-6,9-12,14-17H,1H3/t6-,9-,10+,11+,12-/m1/s1. The van der Waals surface area contributed by atoms with Gasteiger partial charge in [-0.2, -0.15) is 0 Å². The largest absolute Gasteiger partial charge is 0.388 e. The SMILES string of the molecule is C[C@H]1O[C@@H](Nc2ccc(Cl)cc2)[C@@H](O)[C@@H](O)[C@@H]1O. The number of ether oxygens (including phenoxy) is 1. The van der Waals surface area contributed by atoms with Crippen molar-refractivity contribution < 1.29 is 20.1 Å². The van der Waals surface area contributed by atoms with E-state index < -0.39 is 30.6 Å². The summed E-state index contributed by atoms with van der Waals surface area (Å²) in [6, 6.07) is 6.88. The lowest BCUT2D eigenvalue weighted by molar-refractivity contribution is -0.209. The number of benzene rings is 1. The van der Waals surface area contributed by atoms with Gasteiger partial charge in [-0.25, -0.2) is 0 Å². The van der Waals surface area contributed by atoms with Crippen molar-refractivity contribution in [1.82, 2.24) is 0 Å². The van der Waals surface area contributed by atoms with Crippen LogP contribution < -0.4 is 5.32 Å². The molecule has 0 amide bonds. The molecule has 0 radical (unpaired) electrons. The first-order chi connectivity index (χ1) is 8.49. The van der Waals surface area contributed by atoms with Crippen molar-refractivity contribution in [3.05, 3.63) is 29.3 Å². The predicted molar refractivity (Wildman–Crippen MR) is 67.4 cm³/mol. The monoisotopic (exact) mass is 273 g/mol. The fourth-order valence-corrected chi connectivity index (χ4v) is 2.01. The number of nitrogens with one attached hydrogen (secondary N) is 1.